The van der Waals surface area contributed by atoms with Crippen molar-refractivity contribution < 1.29 is 34.1 Å². The molecule has 2 aliphatic rings. The maximum atomic E-state index is 13.2. The SMILES string of the molecule is C[C@@H]1CCCC(=O)CCCC=Cc2cc3c(c(O)c2C(=O)O1)[C@@H](c1ccc(O)cc1)CC(=O)O3. The summed E-state index contributed by atoms with van der Waals surface area (Å²) in [6.07, 6.45) is 6.53. The van der Waals surface area contributed by atoms with Crippen LogP contribution in [0.2, 0.25) is 0 Å². The van der Waals surface area contributed by atoms with Gasteiger partial charge >= 0.3 is 11.9 Å². The van der Waals surface area contributed by atoms with E-state index in [1.54, 1.807) is 31.2 Å². The van der Waals surface area contributed by atoms with E-state index in [-0.39, 0.29) is 35.0 Å². The van der Waals surface area contributed by atoms with E-state index in [9.17, 15) is 24.6 Å². The van der Waals surface area contributed by atoms with Crippen molar-refractivity contribution in [3.63, 3.8) is 0 Å². The molecule has 0 radical (unpaired) electrons. The molecule has 2 aliphatic heterocycles. The Kier molecular flexibility index (Phi) is 7.01. The standard InChI is InChI=1S/C27H28O7/c1-16-6-5-9-19(28)8-4-2-3-7-18-14-22-25(26(31)24(18)27(32)33-16)21(15-23(30)34-22)17-10-12-20(29)13-11-17/h3,7,10-14,16,21,29,31H,2,4-6,8-9,15H2,1H3/t16-,21-/m1/s1. The number of hydrogen-bond donors (Lipinski definition) is 2. The Hall–Kier alpha value is -3.61. The topological polar surface area (TPSA) is 110 Å². The highest BCUT2D eigenvalue weighted by Crippen LogP contribution is 2.47. The van der Waals surface area contributed by atoms with Crippen LogP contribution in [0.3, 0.4) is 0 Å². The van der Waals surface area contributed by atoms with Gasteiger partial charge in [0.2, 0.25) is 0 Å². The van der Waals surface area contributed by atoms with Crippen LogP contribution in [-0.2, 0) is 14.3 Å². The summed E-state index contributed by atoms with van der Waals surface area (Å²) in [4.78, 5) is 37.6. The fourth-order valence-electron chi connectivity index (χ4n) is 4.51. The van der Waals surface area contributed by atoms with Crippen molar-refractivity contribution in [3.8, 4) is 17.2 Å². The number of Topliss-reactive ketones (excluding diaryl/α,β-unsaturated/α-hetero) is 1. The molecule has 0 fully saturated rings. The molecule has 0 amide bonds. The molecule has 4 rings (SSSR count). The third-order valence-electron chi connectivity index (χ3n) is 6.27. The lowest BCUT2D eigenvalue weighted by Gasteiger charge is -2.27. The largest absolute Gasteiger partial charge is 0.508 e. The highest BCUT2D eigenvalue weighted by Gasteiger charge is 2.35. The molecule has 0 aliphatic carbocycles. The summed E-state index contributed by atoms with van der Waals surface area (Å²) in [5, 5.41) is 21.0. The maximum Gasteiger partial charge on any atom is 0.342 e. The van der Waals surface area contributed by atoms with Crippen LogP contribution in [0, 0.1) is 0 Å². The summed E-state index contributed by atoms with van der Waals surface area (Å²) in [7, 11) is 0. The molecule has 2 N–H and O–H groups in total. The number of ether oxygens (including phenoxy) is 2. The number of carbonyl (C=O) groups is 3. The smallest absolute Gasteiger partial charge is 0.342 e. The molecule has 2 heterocycles. The molecule has 0 spiro atoms. The Balaban J connectivity index is 1.81. The number of esters is 2. The van der Waals surface area contributed by atoms with Crippen LogP contribution in [0.4, 0.5) is 0 Å². The fraction of sp³-hybridized carbons (Fsp3) is 0.370. The van der Waals surface area contributed by atoms with Crippen LogP contribution in [0.15, 0.2) is 36.4 Å². The number of fused-ring (bicyclic) bond motifs is 2. The van der Waals surface area contributed by atoms with Crippen molar-refractivity contribution in [2.75, 3.05) is 0 Å². The lowest BCUT2D eigenvalue weighted by molar-refractivity contribution is -0.135. The summed E-state index contributed by atoms with van der Waals surface area (Å²) in [5.74, 6) is -1.48. The Bertz CT molecular complexity index is 1130. The van der Waals surface area contributed by atoms with Crippen molar-refractivity contribution in [1.29, 1.82) is 0 Å². The quantitative estimate of drug-likeness (QED) is 0.450. The summed E-state index contributed by atoms with van der Waals surface area (Å²) >= 11 is 0. The summed E-state index contributed by atoms with van der Waals surface area (Å²) in [5.41, 5.74) is 1.45. The summed E-state index contributed by atoms with van der Waals surface area (Å²) in [6, 6.07) is 7.95. The third kappa shape index (κ3) is 5.14. The minimum absolute atomic E-state index is 0.0144. The third-order valence-corrected chi connectivity index (χ3v) is 6.27. The molecule has 34 heavy (non-hydrogen) atoms. The van der Waals surface area contributed by atoms with E-state index >= 15 is 0 Å². The van der Waals surface area contributed by atoms with E-state index in [4.69, 9.17) is 9.47 Å². The number of carbonyl (C=O) groups excluding carboxylic acids is 3. The highest BCUT2D eigenvalue weighted by atomic mass is 16.5. The second kappa shape index (κ2) is 10.1. The molecule has 0 saturated heterocycles. The van der Waals surface area contributed by atoms with Gasteiger partial charge in [-0.3, -0.25) is 9.59 Å². The van der Waals surface area contributed by atoms with Crippen molar-refractivity contribution in [1.82, 2.24) is 0 Å². The maximum absolute atomic E-state index is 13.2. The Morgan fingerprint density at radius 2 is 1.74 bits per heavy atom. The zero-order valence-corrected chi connectivity index (χ0v) is 19.1. The predicted molar refractivity (Wildman–Crippen MR) is 125 cm³/mol. The molecule has 178 valence electrons. The number of rotatable bonds is 1. The van der Waals surface area contributed by atoms with E-state index in [1.807, 2.05) is 6.08 Å². The van der Waals surface area contributed by atoms with Gasteiger partial charge in [0.1, 0.15) is 28.6 Å². The van der Waals surface area contributed by atoms with E-state index in [0.717, 1.165) is 0 Å². The van der Waals surface area contributed by atoms with E-state index in [2.05, 4.69) is 0 Å². The number of phenols is 2. The van der Waals surface area contributed by atoms with Crippen molar-refractivity contribution in [2.24, 2.45) is 0 Å². The average Bonchev–Trinajstić information content (AvgIpc) is 2.78. The molecule has 0 bridgehead atoms. The second-order valence-corrected chi connectivity index (χ2v) is 8.86. The molecule has 2 aromatic rings. The zero-order chi connectivity index (χ0) is 24.2. The number of ketones is 1. The van der Waals surface area contributed by atoms with E-state index in [1.165, 1.54) is 12.1 Å². The first-order chi connectivity index (χ1) is 16.3. The number of benzene rings is 2. The Morgan fingerprint density at radius 3 is 2.50 bits per heavy atom. The first-order valence-electron chi connectivity index (χ1n) is 11.6. The monoisotopic (exact) mass is 464 g/mol. The van der Waals surface area contributed by atoms with Crippen LogP contribution < -0.4 is 4.74 Å². The van der Waals surface area contributed by atoms with Gasteiger partial charge in [-0.2, -0.15) is 0 Å². The molecule has 2 aromatic carbocycles. The van der Waals surface area contributed by atoms with Gasteiger partial charge < -0.3 is 19.7 Å². The van der Waals surface area contributed by atoms with E-state index < -0.39 is 24.0 Å². The highest BCUT2D eigenvalue weighted by molar-refractivity contribution is 5.98. The number of aromatic hydroxyl groups is 2. The first kappa shape index (κ1) is 23.5. The lowest BCUT2D eigenvalue weighted by atomic mass is 9.83. The van der Waals surface area contributed by atoms with Crippen LogP contribution in [0.1, 0.15) is 84.8 Å². The lowest BCUT2D eigenvalue weighted by Crippen LogP contribution is -2.23. The van der Waals surface area contributed by atoms with Gasteiger partial charge in [-0.25, -0.2) is 4.79 Å². The van der Waals surface area contributed by atoms with Crippen LogP contribution in [-0.4, -0.2) is 34.0 Å². The zero-order valence-electron chi connectivity index (χ0n) is 19.1. The average molecular weight is 465 g/mol. The minimum Gasteiger partial charge on any atom is -0.508 e. The second-order valence-electron chi connectivity index (χ2n) is 8.86. The number of hydrogen-bond acceptors (Lipinski definition) is 7. The summed E-state index contributed by atoms with van der Waals surface area (Å²) < 4.78 is 11.1. The van der Waals surface area contributed by atoms with Gasteiger partial charge in [-0.15, -0.1) is 0 Å². The van der Waals surface area contributed by atoms with E-state index in [0.29, 0.717) is 55.2 Å². The summed E-state index contributed by atoms with van der Waals surface area (Å²) in [6.45, 7) is 1.76. The minimum atomic E-state index is -0.669. The normalized spacial score (nSPS) is 21.6. The molecule has 7 nitrogen and oxygen atoms in total. The molecule has 7 heteroatoms. The van der Waals surface area contributed by atoms with Crippen LogP contribution in [0.25, 0.3) is 6.08 Å². The van der Waals surface area contributed by atoms with Gasteiger partial charge in [-0.05, 0) is 61.9 Å². The molecule has 0 saturated carbocycles. The molecule has 0 aromatic heterocycles. The Labute approximate surface area is 198 Å². The van der Waals surface area contributed by atoms with Gasteiger partial charge in [0.05, 0.1) is 12.5 Å². The van der Waals surface area contributed by atoms with Gasteiger partial charge in [0, 0.05) is 24.3 Å². The first-order valence-corrected chi connectivity index (χ1v) is 11.6. The van der Waals surface area contributed by atoms with Crippen LogP contribution in [0.5, 0.6) is 17.2 Å². The molecule has 2 atom stereocenters. The molecular weight excluding hydrogens is 436 g/mol. The molecular formula is C27H28O7. The Morgan fingerprint density at radius 1 is 1.00 bits per heavy atom. The number of cyclic esters (lactones) is 1. The fourth-order valence-corrected chi connectivity index (χ4v) is 4.51. The van der Waals surface area contributed by atoms with Gasteiger partial charge in [-0.1, -0.05) is 24.3 Å². The van der Waals surface area contributed by atoms with Crippen molar-refractivity contribution >= 4 is 23.8 Å². The van der Waals surface area contributed by atoms with Crippen molar-refractivity contribution in [2.45, 2.75) is 63.9 Å². The van der Waals surface area contributed by atoms with Gasteiger partial charge in [0.15, 0.2) is 0 Å². The van der Waals surface area contributed by atoms with Crippen LogP contribution >= 0.6 is 0 Å². The van der Waals surface area contributed by atoms with Crippen molar-refractivity contribution in [3.05, 3.63) is 58.7 Å². The number of phenolic OH excluding ortho intramolecular Hbond substituents is 2. The molecule has 0 unspecified atom stereocenters. The van der Waals surface area contributed by atoms with Gasteiger partial charge in [0.25, 0.3) is 0 Å². The predicted octanol–water partition coefficient (Wildman–Crippen LogP) is 5.02. The number of allylic oxidation sites excluding steroid dienone is 1.